The van der Waals surface area contributed by atoms with Gasteiger partial charge in [-0.15, -0.1) is 11.6 Å². The van der Waals surface area contributed by atoms with Crippen LogP contribution < -0.4 is 0 Å². The molecule has 4 nitrogen and oxygen atoms in total. The summed E-state index contributed by atoms with van der Waals surface area (Å²) in [5.41, 5.74) is 0.491. The fraction of sp³-hybridized carbons (Fsp3) is 0.538. The third-order valence-corrected chi connectivity index (χ3v) is 5.95. The fourth-order valence-electron chi connectivity index (χ4n) is 1.80. The molecule has 8 heteroatoms. The largest absolute Gasteiger partial charge is 0.380 e. The molecule has 0 aromatic heterocycles. The summed E-state index contributed by atoms with van der Waals surface area (Å²) in [6, 6.07) is 2.91. The third kappa shape index (κ3) is 4.71. The highest BCUT2D eigenvalue weighted by Crippen LogP contribution is 2.32. The van der Waals surface area contributed by atoms with Crippen LogP contribution in [0.2, 0.25) is 10.0 Å². The minimum Gasteiger partial charge on any atom is -0.380 e. The van der Waals surface area contributed by atoms with Crippen LogP contribution in [-0.2, 0) is 20.6 Å². The van der Waals surface area contributed by atoms with Gasteiger partial charge in [-0.1, -0.05) is 30.1 Å². The van der Waals surface area contributed by atoms with Gasteiger partial charge in [0.2, 0.25) is 10.0 Å². The number of sulfonamides is 1. The van der Waals surface area contributed by atoms with Crippen molar-refractivity contribution in [2.75, 3.05) is 26.3 Å². The molecule has 0 fully saturated rings. The van der Waals surface area contributed by atoms with Crippen LogP contribution in [-0.4, -0.2) is 39.0 Å². The van der Waals surface area contributed by atoms with Crippen molar-refractivity contribution >= 4 is 44.8 Å². The standard InChI is InChI=1S/C13H18Cl3NO3S/c1-3-17(5-6-20-4-2)21(18,19)12-8-11(15)7-10(9-14)13(12)16/h7-8H,3-6,9H2,1-2H3. The molecule has 0 aliphatic rings. The minimum atomic E-state index is -3.74. The SMILES string of the molecule is CCOCCN(CC)S(=O)(=O)c1cc(Cl)cc(CCl)c1Cl. The first-order valence-electron chi connectivity index (χ1n) is 6.50. The van der Waals surface area contributed by atoms with Crippen molar-refractivity contribution in [1.29, 1.82) is 0 Å². The fourth-order valence-corrected chi connectivity index (χ4v) is 4.42. The van der Waals surface area contributed by atoms with E-state index in [1.54, 1.807) is 13.0 Å². The molecule has 0 saturated carbocycles. The van der Waals surface area contributed by atoms with E-state index in [-0.39, 0.29) is 27.4 Å². The average Bonchev–Trinajstić information content (AvgIpc) is 2.45. The molecule has 21 heavy (non-hydrogen) atoms. The number of nitrogens with zero attached hydrogens (tertiary/aromatic N) is 1. The van der Waals surface area contributed by atoms with Crippen LogP contribution in [0.25, 0.3) is 0 Å². The summed E-state index contributed by atoms with van der Waals surface area (Å²) in [7, 11) is -3.74. The molecular formula is C13H18Cl3NO3S. The molecule has 0 heterocycles. The maximum atomic E-state index is 12.7. The Morgan fingerprint density at radius 3 is 2.43 bits per heavy atom. The van der Waals surface area contributed by atoms with Gasteiger partial charge in [0, 0.05) is 30.6 Å². The predicted octanol–water partition coefficient (Wildman–Crippen LogP) is 3.78. The molecule has 0 aliphatic carbocycles. The van der Waals surface area contributed by atoms with Crippen LogP contribution in [0.15, 0.2) is 17.0 Å². The van der Waals surface area contributed by atoms with E-state index in [9.17, 15) is 8.42 Å². The molecule has 1 rings (SSSR count). The highest BCUT2D eigenvalue weighted by molar-refractivity contribution is 7.89. The van der Waals surface area contributed by atoms with E-state index in [1.807, 2.05) is 6.92 Å². The highest BCUT2D eigenvalue weighted by atomic mass is 35.5. The molecule has 0 amide bonds. The second-order valence-corrected chi connectivity index (χ2v) is 7.19. The van der Waals surface area contributed by atoms with Gasteiger partial charge in [0.15, 0.2) is 0 Å². The van der Waals surface area contributed by atoms with Crippen LogP contribution in [0.3, 0.4) is 0 Å². The minimum absolute atomic E-state index is 0.0225. The van der Waals surface area contributed by atoms with E-state index in [0.717, 1.165) is 0 Å². The topological polar surface area (TPSA) is 46.6 Å². The van der Waals surface area contributed by atoms with Gasteiger partial charge in [-0.25, -0.2) is 8.42 Å². The second kappa shape index (κ2) is 8.56. The van der Waals surface area contributed by atoms with E-state index in [0.29, 0.717) is 25.3 Å². The van der Waals surface area contributed by atoms with Crippen molar-refractivity contribution in [2.24, 2.45) is 0 Å². The Kier molecular flexibility index (Phi) is 7.74. The summed E-state index contributed by atoms with van der Waals surface area (Å²) in [4.78, 5) is -0.0225. The highest BCUT2D eigenvalue weighted by Gasteiger charge is 2.27. The first kappa shape index (κ1) is 19.0. The Bertz CT molecular complexity index is 578. The molecule has 0 radical (unpaired) electrons. The van der Waals surface area contributed by atoms with Crippen LogP contribution in [0.1, 0.15) is 19.4 Å². The Morgan fingerprint density at radius 2 is 1.90 bits per heavy atom. The van der Waals surface area contributed by atoms with Crippen molar-refractivity contribution in [1.82, 2.24) is 4.31 Å². The molecular weight excluding hydrogens is 357 g/mol. The number of alkyl halides is 1. The van der Waals surface area contributed by atoms with Crippen molar-refractivity contribution in [3.8, 4) is 0 Å². The Morgan fingerprint density at radius 1 is 1.24 bits per heavy atom. The number of ether oxygens (including phenoxy) is 1. The lowest BCUT2D eigenvalue weighted by Gasteiger charge is -2.21. The molecule has 0 aliphatic heterocycles. The summed E-state index contributed by atoms with van der Waals surface area (Å²) in [6.45, 7) is 5.03. The smallest absolute Gasteiger partial charge is 0.244 e. The predicted molar refractivity (Wildman–Crippen MR) is 86.9 cm³/mol. The van der Waals surface area contributed by atoms with Crippen LogP contribution in [0.4, 0.5) is 0 Å². The molecule has 0 spiro atoms. The molecule has 1 aromatic rings. The molecule has 0 bridgehead atoms. The molecule has 0 unspecified atom stereocenters. The first-order chi connectivity index (χ1) is 9.88. The number of hydrogen-bond acceptors (Lipinski definition) is 3. The summed E-state index contributed by atoms with van der Waals surface area (Å²) in [5.74, 6) is 0.0903. The molecule has 1 aromatic carbocycles. The van der Waals surface area contributed by atoms with Crippen molar-refractivity contribution in [3.05, 3.63) is 27.7 Å². The molecule has 0 atom stereocenters. The number of halogens is 3. The molecule has 0 N–H and O–H groups in total. The first-order valence-corrected chi connectivity index (χ1v) is 9.23. The van der Waals surface area contributed by atoms with Gasteiger partial charge in [0.05, 0.1) is 11.6 Å². The maximum absolute atomic E-state index is 12.7. The molecule has 120 valence electrons. The Hall–Kier alpha value is -0.0400. The zero-order valence-corrected chi connectivity index (χ0v) is 15.0. The Labute approximate surface area is 141 Å². The summed E-state index contributed by atoms with van der Waals surface area (Å²) in [6.07, 6.45) is 0. The number of likely N-dealkylation sites (N-methyl/N-ethyl adjacent to an activating group) is 1. The Balaban J connectivity index is 3.19. The van der Waals surface area contributed by atoms with Crippen molar-refractivity contribution in [3.63, 3.8) is 0 Å². The zero-order valence-electron chi connectivity index (χ0n) is 11.9. The quantitative estimate of drug-likeness (QED) is 0.514. The van der Waals surface area contributed by atoms with Crippen LogP contribution in [0.5, 0.6) is 0 Å². The molecule has 0 saturated heterocycles. The van der Waals surface area contributed by atoms with Crippen molar-refractivity contribution < 1.29 is 13.2 Å². The van der Waals surface area contributed by atoms with Gasteiger partial charge in [-0.05, 0) is 24.6 Å². The third-order valence-electron chi connectivity index (χ3n) is 2.88. The van der Waals surface area contributed by atoms with Crippen LogP contribution >= 0.6 is 34.8 Å². The lowest BCUT2D eigenvalue weighted by atomic mass is 10.2. The van der Waals surface area contributed by atoms with E-state index in [2.05, 4.69) is 0 Å². The number of hydrogen-bond donors (Lipinski definition) is 0. The zero-order chi connectivity index (χ0) is 16.0. The summed E-state index contributed by atoms with van der Waals surface area (Å²) < 4.78 is 31.9. The lowest BCUT2D eigenvalue weighted by Crippen LogP contribution is -2.34. The number of rotatable bonds is 8. The van der Waals surface area contributed by atoms with Gasteiger partial charge in [0.1, 0.15) is 4.90 Å². The summed E-state index contributed by atoms with van der Waals surface area (Å²) >= 11 is 17.9. The van der Waals surface area contributed by atoms with E-state index >= 15 is 0 Å². The van der Waals surface area contributed by atoms with Crippen LogP contribution in [0, 0.1) is 0 Å². The van der Waals surface area contributed by atoms with Gasteiger partial charge in [-0.2, -0.15) is 4.31 Å². The maximum Gasteiger partial charge on any atom is 0.244 e. The van der Waals surface area contributed by atoms with Gasteiger partial charge in [0.25, 0.3) is 0 Å². The number of benzene rings is 1. The van der Waals surface area contributed by atoms with E-state index < -0.39 is 10.0 Å². The summed E-state index contributed by atoms with van der Waals surface area (Å²) in [5, 5.41) is 0.402. The van der Waals surface area contributed by atoms with Gasteiger partial charge >= 0.3 is 0 Å². The monoisotopic (exact) mass is 373 g/mol. The van der Waals surface area contributed by atoms with E-state index in [4.69, 9.17) is 39.5 Å². The van der Waals surface area contributed by atoms with Gasteiger partial charge in [-0.3, -0.25) is 0 Å². The second-order valence-electron chi connectivity index (χ2n) is 4.20. The van der Waals surface area contributed by atoms with E-state index in [1.165, 1.54) is 10.4 Å². The van der Waals surface area contributed by atoms with Gasteiger partial charge < -0.3 is 4.74 Å². The van der Waals surface area contributed by atoms with Crippen molar-refractivity contribution in [2.45, 2.75) is 24.6 Å². The lowest BCUT2D eigenvalue weighted by molar-refractivity contribution is 0.135. The average molecular weight is 375 g/mol. The normalized spacial score (nSPS) is 12.1.